The summed E-state index contributed by atoms with van der Waals surface area (Å²) in [5.41, 5.74) is 2.32. The van der Waals surface area contributed by atoms with Crippen molar-refractivity contribution < 1.29 is 18.7 Å². The number of nitrogens with zero attached hydrogens (tertiary/aromatic N) is 3. The Morgan fingerprint density at radius 3 is 2.65 bits per heavy atom. The van der Waals surface area contributed by atoms with Gasteiger partial charge < -0.3 is 19.0 Å². The van der Waals surface area contributed by atoms with Crippen molar-refractivity contribution in [3.63, 3.8) is 0 Å². The molecule has 3 aliphatic rings. The molecule has 0 N–H and O–H groups in total. The van der Waals surface area contributed by atoms with Crippen LogP contribution in [0.3, 0.4) is 0 Å². The summed E-state index contributed by atoms with van der Waals surface area (Å²) in [5, 5.41) is 0.981. The van der Waals surface area contributed by atoms with Gasteiger partial charge in [0.25, 0.3) is 5.91 Å². The average molecular weight is 426 g/mol. The Morgan fingerprint density at radius 1 is 1.06 bits per heavy atom. The highest BCUT2D eigenvalue weighted by molar-refractivity contribution is 5.99. The molecule has 3 fully saturated rings. The van der Waals surface area contributed by atoms with Gasteiger partial charge in [-0.15, -0.1) is 0 Å². The number of carbonyl (C=O) groups excluding carboxylic acids is 2. The van der Waals surface area contributed by atoms with E-state index in [2.05, 4.69) is 4.90 Å². The number of fused-ring (bicyclic) bond motifs is 1. The Labute approximate surface area is 182 Å². The summed E-state index contributed by atoms with van der Waals surface area (Å²) >= 11 is 0. The van der Waals surface area contributed by atoms with E-state index < -0.39 is 5.41 Å². The number of amides is 2. The van der Waals surface area contributed by atoms with Crippen LogP contribution in [0.25, 0.3) is 11.0 Å². The molecular weight excluding hydrogens is 394 g/mol. The van der Waals surface area contributed by atoms with Crippen LogP contribution in [-0.4, -0.2) is 85.5 Å². The van der Waals surface area contributed by atoms with E-state index in [0.29, 0.717) is 18.8 Å². The van der Waals surface area contributed by atoms with E-state index in [-0.39, 0.29) is 11.8 Å². The van der Waals surface area contributed by atoms with E-state index in [1.54, 1.807) is 0 Å². The maximum absolute atomic E-state index is 13.3. The summed E-state index contributed by atoms with van der Waals surface area (Å²) in [5.74, 6) is 0.531. The van der Waals surface area contributed by atoms with Crippen molar-refractivity contribution in [3.8, 4) is 0 Å². The van der Waals surface area contributed by atoms with Gasteiger partial charge in [0.2, 0.25) is 5.91 Å². The Morgan fingerprint density at radius 2 is 1.84 bits per heavy atom. The minimum absolute atomic E-state index is 0.0946. The molecule has 2 aromatic rings. The summed E-state index contributed by atoms with van der Waals surface area (Å²) in [6, 6.07) is 6.02. The molecule has 2 amide bonds. The van der Waals surface area contributed by atoms with Gasteiger partial charge in [0.1, 0.15) is 5.58 Å². The zero-order valence-corrected chi connectivity index (χ0v) is 18.5. The lowest BCUT2D eigenvalue weighted by Gasteiger charge is -2.29. The summed E-state index contributed by atoms with van der Waals surface area (Å²) in [7, 11) is 0. The molecule has 31 heavy (non-hydrogen) atoms. The first-order valence-corrected chi connectivity index (χ1v) is 11.4. The first-order chi connectivity index (χ1) is 15.0. The van der Waals surface area contributed by atoms with Gasteiger partial charge in [0.05, 0.1) is 18.6 Å². The molecule has 1 atom stereocenters. The van der Waals surface area contributed by atoms with E-state index in [9.17, 15) is 9.59 Å². The zero-order valence-electron chi connectivity index (χ0n) is 18.5. The van der Waals surface area contributed by atoms with Crippen LogP contribution in [0.5, 0.6) is 0 Å². The van der Waals surface area contributed by atoms with Crippen LogP contribution >= 0.6 is 0 Å². The second-order valence-corrected chi connectivity index (χ2v) is 9.31. The summed E-state index contributed by atoms with van der Waals surface area (Å²) < 4.78 is 11.4. The first-order valence-electron chi connectivity index (χ1n) is 11.4. The monoisotopic (exact) mass is 425 g/mol. The van der Waals surface area contributed by atoms with E-state index in [1.807, 2.05) is 41.8 Å². The number of ether oxygens (including phenoxy) is 1. The fourth-order valence-corrected chi connectivity index (χ4v) is 5.30. The van der Waals surface area contributed by atoms with Gasteiger partial charge in [-0.05, 0) is 38.3 Å². The second kappa shape index (κ2) is 7.95. The number of likely N-dealkylation sites (tertiary alicyclic amines) is 2. The highest BCUT2D eigenvalue weighted by Crippen LogP contribution is 2.41. The molecule has 0 radical (unpaired) electrons. The Kier molecular flexibility index (Phi) is 5.26. The molecule has 1 spiro atoms. The third kappa shape index (κ3) is 3.64. The van der Waals surface area contributed by atoms with Gasteiger partial charge in [0, 0.05) is 56.8 Å². The minimum atomic E-state index is -0.419. The number of benzene rings is 1. The van der Waals surface area contributed by atoms with Gasteiger partial charge >= 0.3 is 0 Å². The van der Waals surface area contributed by atoms with Crippen LogP contribution in [-0.2, 0) is 9.53 Å². The average Bonchev–Trinajstić information content (AvgIpc) is 3.44. The molecule has 0 bridgehead atoms. The Hall–Kier alpha value is -2.38. The quantitative estimate of drug-likeness (QED) is 0.753. The third-order valence-corrected chi connectivity index (χ3v) is 7.32. The number of morpholine rings is 1. The summed E-state index contributed by atoms with van der Waals surface area (Å²) in [4.78, 5) is 32.7. The molecule has 1 unspecified atom stereocenters. The van der Waals surface area contributed by atoms with Gasteiger partial charge in [-0.25, -0.2) is 0 Å². The summed E-state index contributed by atoms with van der Waals surface area (Å²) in [6.45, 7) is 10.9. The van der Waals surface area contributed by atoms with Crippen LogP contribution in [0.4, 0.5) is 0 Å². The molecule has 1 aromatic carbocycles. The molecule has 7 heteroatoms. The van der Waals surface area contributed by atoms with Crippen LogP contribution in [0.15, 0.2) is 22.6 Å². The van der Waals surface area contributed by atoms with Crippen molar-refractivity contribution >= 4 is 22.8 Å². The van der Waals surface area contributed by atoms with Crippen LogP contribution in [0, 0.1) is 19.3 Å². The van der Waals surface area contributed by atoms with Crippen molar-refractivity contribution in [1.29, 1.82) is 0 Å². The van der Waals surface area contributed by atoms with Crippen LogP contribution < -0.4 is 0 Å². The maximum Gasteiger partial charge on any atom is 0.289 e. The normalized spacial score (nSPS) is 24.8. The maximum atomic E-state index is 13.3. The predicted octanol–water partition coefficient (Wildman–Crippen LogP) is 2.45. The highest BCUT2D eigenvalue weighted by Gasteiger charge is 2.51. The highest BCUT2D eigenvalue weighted by atomic mass is 16.5. The first kappa shape index (κ1) is 20.5. The Bertz CT molecular complexity index is 1010. The number of hydrogen-bond donors (Lipinski definition) is 0. The van der Waals surface area contributed by atoms with Crippen LogP contribution in [0.1, 0.15) is 34.5 Å². The predicted molar refractivity (Wildman–Crippen MR) is 117 cm³/mol. The molecule has 3 aliphatic heterocycles. The van der Waals surface area contributed by atoms with Crippen molar-refractivity contribution in [3.05, 3.63) is 35.1 Å². The smallest absolute Gasteiger partial charge is 0.289 e. The molecule has 0 aliphatic carbocycles. The van der Waals surface area contributed by atoms with Crippen molar-refractivity contribution in [1.82, 2.24) is 14.7 Å². The number of hydrogen-bond acceptors (Lipinski definition) is 5. The van der Waals surface area contributed by atoms with E-state index in [0.717, 1.165) is 80.9 Å². The zero-order chi connectivity index (χ0) is 21.6. The third-order valence-electron chi connectivity index (χ3n) is 7.32. The van der Waals surface area contributed by atoms with Gasteiger partial charge in [-0.3, -0.25) is 14.5 Å². The number of furan rings is 1. The topological polar surface area (TPSA) is 66.2 Å². The van der Waals surface area contributed by atoms with E-state index in [4.69, 9.17) is 9.15 Å². The molecular formula is C24H31N3O4. The largest absolute Gasteiger partial charge is 0.451 e. The molecule has 166 valence electrons. The summed E-state index contributed by atoms with van der Waals surface area (Å²) in [6.07, 6.45) is 1.57. The lowest BCUT2D eigenvalue weighted by Crippen LogP contribution is -2.43. The lowest BCUT2D eigenvalue weighted by molar-refractivity contribution is -0.135. The van der Waals surface area contributed by atoms with Gasteiger partial charge in [-0.2, -0.15) is 0 Å². The Balaban J connectivity index is 1.26. The van der Waals surface area contributed by atoms with E-state index >= 15 is 0 Å². The molecule has 3 saturated heterocycles. The second-order valence-electron chi connectivity index (χ2n) is 9.31. The minimum Gasteiger partial charge on any atom is -0.451 e. The van der Waals surface area contributed by atoms with Gasteiger partial charge in [-0.1, -0.05) is 12.1 Å². The van der Waals surface area contributed by atoms with E-state index in [1.165, 1.54) is 0 Å². The fraction of sp³-hybridized carbons (Fsp3) is 0.583. The van der Waals surface area contributed by atoms with Crippen LogP contribution in [0.2, 0.25) is 0 Å². The standard InChI is InChI=1S/C24H31N3O4/c1-17-3-4-19-18(2)21(31-20(19)15-17)22(28)27-8-6-24(16-27)5-7-26(23(24)29)10-9-25-11-13-30-14-12-25/h3-4,15H,5-14,16H2,1-2H3. The lowest BCUT2D eigenvalue weighted by atomic mass is 9.85. The van der Waals surface area contributed by atoms with Crippen molar-refractivity contribution in [2.75, 3.05) is 59.0 Å². The number of carbonyl (C=O) groups is 2. The van der Waals surface area contributed by atoms with Crippen molar-refractivity contribution in [2.24, 2.45) is 5.41 Å². The van der Waals surface area contributed by atoms with Gasteiger partial charge in [0.15, 0.2) is 5.76 Å². The number of aryl methyl sites for hydroxylation is 2. The number of rotatable bonds is 4. The molecule has 1 aromatic heterocycles. The van der Waals surface area contributed by atoms with Crippen molar-refractivity contribution in [2.45, 2.75) is 26.7 Å². The fourth-order valence-electron chi connectivity index (χ4n) is 5.30. The molecule has 0 saturated carbocycles. The molecule has 7 nitrogen and oxygen atoms in total. The molecule has 5 rings (SSSR count). The molecule has 4 heterocycles. The SMILES string of the molecule is Cc1ccc2c(C)c(C(=O)N3CCC4(CCN(CCN5CCOCC5)C4=O)C3)oc2c1.